The van der Waals surface area contributed by atoms with Gasteiger partial charge in [0.2, 0.25) is 5.15 Å². The second-order valence-corrected chi connectivity index (χ2v) is 6.42. The fourth-order valence-electron chi connectivity index (χ4n) is 2.18. The Morgan fingerprint density at radius 1 is 1.30 bits per heavy atom. The van der Waals surface area contributed by atoms with Crippen LogP contribution in [0, 0.1) is 15.5 Å². The molecule has 0 radical (unpaired) electrons. The molecular formula is C15H17ClN2O2. The van der Waals surface area contributed by atoms with Crippen LogP contribution in [0.25, 0.3) is 10.9 Å². The Bertz CT molecular complexity index is 663. The molecule has 0 aliphatic heterocycles. The minimum Gasteiger partial charge on any atom is -0.258 e. The van der Waals surface area contributed by atoms with Crippen LogP contribution in [0.15, 0.2) is 24.3 Å². The molecule has 2 aromatic rings. The minimum absolute atomic E-state index is 0.0300. The number of aryl methyl sites for hydroxylation is 1. The lowest BCUT2D eigenvalue weighted by Gasteiger charge is -2.18. The smallest absolute Gasteiger partial charge is 0.258 e. The van der Waals surface area contributed by atoms with Crippen molar-refractivity contribution in [2.24, 2.45) is 5.41 Å². The summed E-state index contributed by atoms with van der Waals surface area (Å²) in [5.41, 5.74) is 1.42. The van der Waals surface area contributed by atoms with Crippen LogP contribution in [0.3, 0.4) is 0 Å². The lowest BCUT2D eigenvalue weighted by molar-refractivity contribution is -0.385. The van der Waals surface area contributed by atoms with Crippen LogP contribution in [0.5, 0.6) is 0 Å². The van der Waals surface area contributed by atoms with E-state index in [4.69, 9.17) is 11.6 Å². The van der Waals surface area contributed by atoms with Gasteiger partial charge in [0.25, 0.3) is 0 Å². The molecule has 2 rings (SSSR count). The highest BCUT2D eigenvalue weighted by Crippen LogP contribution is 2.35. The molecule has 0 spiro atoms. The topological polar surface area (TPSA) is 56.0 Å². The molecule has 0 saturated heterocycles. The van der Waals surface area contributed by atoms with Crippen LogP contribution in [0.1, 0.15) is 32.8 Å². The Morgan fingerprint density at radius 3 is 2.55 bits per heavy atom. The molecule has 1 aromatic heterocycles. The second-order valence-electron chi connectivity index (χ2n) is 6.06. The van der Waals surface area contributed by atoms with Crippen LogP contribution < -0.4 is 0 Å². The van der Waals surface area contributed by atoms with Crippen LogP contribution in [-0.2, 0) is 6.42 Å². The van der Waals surface area contributed by atoms with Crippen molar-refractivity contribution in [3.05, 3.63) is 45.1 Å². The average Bonchev–Trinajstić information content (AvgIpc) is 2.33. The normalized spacial score (nSPS) is 11.8. The van der Waals surface area contributed by atoms with Crippen molar-refractivity contribution in [2.75, 3.05) is 0 Å². The fourth-order valence-corrected chi connectivity index (χ4v) is 2.45. The van der Waals surface area contributed by atoms with E-state index in [0.717, 1.165) is 11.8 Å². The summed E-state index contributed by atoms with van der Waals surface area (Å²) in [4.78, 5) is 15.0. The fraction of sp³-hybridized carbons (Fsp3) is 0.400. The highest BCUT2D eigenvalue weighted by Gasteiger charge is 2.24. The van der Waals surface area contributed by atoms with Crippen LogP contribution in [0.4, 0.5) is 5.69 Å². The third-order valence-corrected chi connectivity index (χ3v) is 3.50. The maximum absolute atomic E-state index is 11.3. The lowest BCUT2D eigenvalue weighted by atomic mass is 9.87. The number of para-hydroxylation sites is 1. The lowest BCUT2D eigenvalue weighted by Crippen LogP contribution is -2.08. The molecule has 0 bridgehead atoms. The van der Waals surface area contributed by atoms with Crippen molar-refractivity contribution in [3.8, 4) is 0 Å². The molecule has 0 unspecified atom stereocenters. The van der Waals surface area contributed by atoms with Crippen molar-refractivity contribution in [2.45, 2.75) is 33.6 Å². The van der Waals surface area contributed by atoms with Gasteiger partial charge in [-0.3, -0.25) is 10.1 Å². The Balaban J connectivity index is 2.63. The zero-order valence-electron chi connectivity index (χ0n) is 11.8. The first-order valence-corrected chi connectivity index (χ1v) is 6.89. The molecule has 0 N–H and O–H groups in total. The summed E-state index contributed by atoms with van der Waals surface area (Å²) in [6.07, 6.45) is 1.46. The van der Waals surface area contributed by atoms with Gasteiger partial charge < -0.3 is 0 Å². The molecule has 1 heterocycles. The van der Waals surface area contributed by atoms with Crippen molar-refractivity contribution in [1.29, 1.82) is 0 Å². The van der Waals surface area contributed by atoms with E-state index in [9.17, 15) is 10.1 Å². The van der Waals surface area contributed by atoms with Gasteiger partial charge in [0.15, 0.2) is 0 Å². The van der Waals surface area contributed by atoms with Gasteiger partial charge >= 0.3 is 5.69 Å². The highest BCUT2D eigenvalue weighted by atomic mass is 35.5. The number of benzene rings is 1. The number of hydrogen-bond acceptors (Lipinski definition) is 3. The quantitative estimate of drug-likeness (QED) is 0.465. The van der Waals surface area contributed by atoms with E-state index in [1.807, 2.05) is 24.3 Å². The summed E-state index contributed by atoms with van der Waals surface area (Å²) in [5.74, 6) is 0. The van der Waals surface area contributed by atoms with Crippen molar-refractivity contribution < 1.29 is 4.92 Å². The Labute approximate surface area is 122 Å². The van der Waals surface area contributed by atoms with Crippen molar-refractivity contribution in [1.82, 2.24) is 4.98 Å². The summed E-state index contributed by atoms with van der Waals surface area (Å²) in [6.45, 7) is 6.34. The number of rotatable bonds is 3. The monoisotopic (exact) mass is 292 g/mol. The number of hydrogen-bond donors (Lipinski definition) is 0. The van der Waals surface area contributed by atoms with E-state index in [2.05, 4.69) is 25.8 Å². The van der Waals surface area contributed by atoms with Gasteiger partial charge in [0.05, 0.1) is 10.4 Å². The molecule has 0 aliphatic rings. The molecule has 20 heavy (non-hydrogen) atoms. The second kappa shape index (κ2) is 5.37. The number of pyridine rings is 1. The molecule has 5 heteroatoms. The van der Waals surface area contributed by atoms with E-state index in [0.29, 0.717) is 17.5 Å². The maximum atomic E-state index is 11.3. The van der Waals surface area contributed by atoms with Gasteiger partial charge in [-0.15, -0.1) is 0 Å². The predicted octanol–water partition coefficient (Wildman–Crippen LogP) is 4.78. The zero-order valence-corrected chi connectivity index (χ0v) is 12.6. The number of aromatic nitrogens is 1. The Kier molecular flexibility index (Phi) is 3.95. The third-order valence-electron chi connectivity index (χ3n) is 3.24. The highest BCUT2D eigenvalue weighted by molar-refractivity contribution is 6.32. The molecule has 106 valence electrons. The summed E-state index contributed by atoms with van der Waals surface area (Å²) < 4.78 is 0. The van der Waals surface area contributed by atoms with E-state index < -0.39 is 4.92 Å². The van der Waals surface area contributed by atoms with Crippen LogP contribution >= 0.6 is 11.6 Å². The van der Waals surface area contributed by atoms with Gasteiger partial charge in [-0.2, -0.15) is 0 Å². The predicted molar refractivity (Wildman–Crippen MR) is 81.2 cm³/mol. The van der Waals surface area contributed by atoms with E-state index in [1.54, 1.807) is 0 Å². The number of halogens is 1. The van der Waals surface area contributed by atoms with Gasteiger partial charge in [-0.1, -0.05) is 50.6 Å². The number of nitrogens with zero attached hydrogens (tertiary/aromatic N) is 2. The summed E-state index contributed by atoms with van der Waals surface area (Å²) >= 11 is 6.00. The first-order valence-electron chi connectivity index (χ1n) is 6.51. The average molecular weight is 293 g/mol. The van der Waals surface area contributed by atoms with Crippen LogP contribution in [0.2, 0.25) is 5.15 Å². The summed E-state index contributed by atoms with van der Waals surface area (Å²) in [6, 6.07) is 7.41. The first kappa shape index (κ1) is 14.7. The summed E-state index contributed by atoms with van der Waals surface area (Å²) in [7, 11) is 0. The van der Waals surface area contributed by atoms with E-state index in [1.165, 1.54) is 0 Å². The molecular weight excluding hydrogens is 276 g/mol. The molecule has 0 aliphatic carbocycles. The van der Waals surface area contributed by atoms with Gasteiger partial charge in [0.1, 0.15) is 0 Å². The molecule has 4 nitrogen and oxygen atoms in total. The largest absolute Gasteiger partial charge is 0.310 e. The zero-order chi connectivity index (χ0) is 14.9. The SMILES string of the molecule is CC(C)(C)CCc1c([N+](=O)[O-])c(Cl)nc2ccccc12. The molecule has 0 saturated carbocycles. The molecule has 0 amide bonds. The standard InChI is InChI=1S/C15H17ClN2O2/c1-15(2,3)9-8-11-10-6-4-5-7-12(10)17-14(16)13(11)18(19)20/h4-7H,8-9H2,1-3H3. The maximum Gasteiger partial charge on any atom is 0.310 e. The van der Waals surface area contributed by atoms with Gasteiger partial charge in [0, 0.05) is 10.9 Å². The van der Waals surface area contributed by atoms with Gasteiger partial charge in [-0.05, 0) is 24.3 Å². The Morgan fingerprint density at radius 2 is 1.95 bits per heavy atom. The van der Waals surface area contributed by atoms with Crippen LogP contribution in [-0.4, -0.2) is 9.91 Å². The van der Waals surface area contributed by atoms with E-state index >= 15 is 0 Å². The number of fused-ring (bicyclic) bond motifs is 1. The van der Waals surface area contributed by atoms with Gasteiger partial charge in [-0.25, -0.2) is 4.98 Å². The first-order chi connectivity index (χ1) is 9.29. The summed E-state index contributed by atoms with van der Waals surface area (Å²) in [5, 5.41) is 12.1. The Hall–Kier alpha value is -1.68. The van der Waals surface area contributed by atoms with Crippen molar-refractivity contribution in [3.63, 3.8) is 0 Å². The minimum atomic E-state index is -0.431. The number of nitro groups is 1. The van der Waals surface area contributed by atoms with E-state index in [-0.39, 0.29) is 16.3 Å². The molecule has 0 atom stereocenters. The molecule has 0 fully saturated rings. The van der Waals surface area contributed by atoms with Crippen molar-refractivity contribution >= 4 is 28.2 Å². The molecule has 1 aromatic carbocycles. The third kappa shape index (κ3) is 3.07.